The van der Waals surface area contributed by atoms with E-state index in [1.165, 1.54) is 18.7 Å². The van der Waals surface area contributed by atoms with E-state index < -0.39 is 12.2 Å². The van der Waals surface area contributed by atoms with Crippen molar-refractivity contribution in [1.82, 2.24) is 10.3 Å². The van der Waals surface area contributed by atoms with Crippen molar-refractivity contribution < 1.29 is 9.59 Å². The lowest BCUT2D eigenvalue weighted by atomic mass is 9.95. The summed E-state index contributed by atoms with van der Waals surface area (Å²) in [5.74, 6) is -0.238. The van der Waals surface area contributed by atoms with Gasteiger partial charge in [0.15, 0.2) is 17.4 Å². The maximum absolute atomic E-state index is 12.9. The van der Waals surface area contributed by atoms with Crippen LogP contribution in [-0.2, 0) is 9.59 Å². The standard InChI is InChI=1S/C19H18N4O2S/c1-12(24)22-15-11-7-6-10-14(15)16-17(25)20-19(26-2)21-23(16)18(22)13-8-4-3-5-9-13/h3-11,16,18H,1-2H3,(H,20,21,25). The van der Waals surface area contributed by atoms with Crippen LogP contribution in [-0.4, -0.2) is 28.2 Å². The van der Waals surface area contributed by atoms with Crippen molar-refractivity contribution in [3.63, 3.8) is 0 Å². The van der Waals surface area contributed by atoms with Crippen LogP contribution < -0.4 is 10.2 Å². The number of amides is 2. The fraction of sp³-hybridized carbons (Fsp3) is 0.211. The van der Waals surface area contributed by atoms with Gasteiger partial charge in [-0.05, 0) is 17.9 Å². The second-order valence-corrected chi connectivity index (χ2v) is 6.91. The van der Waals surface area contributed by atoms with E-state index in [2.05, 4.69) is 10.4 Å². The van der Waals surface area contributed by atoms with Crippen molar-refractivity contribution in [3.8, 4) is 0 Å². The van der Waals surface area contributed by atoms with Gasteiger partial charge in [0, 0.05) is 12.5 Å². The van der Waals surface area contributed by atoms with Gasteiger partial charge in [-0.25, -0.2) is 0 Å². The summed E-state index contributed by atoms with van der Waals surface area (Å²) < 4.78 is 0. The molecule has 2 amide bonds. The average Bonchev–Trinajstić information content (AvgIpc) is 2.66. The molecule has 4 rings (SSSR count). The lowest BCUT2D eigenvalue weighted by Gasteiger charge is -2.48. The van der Waals surface area contributed by atoms with Crippen LogP contribution in [0.5, 0.6) is 0 Å². The van der Waals surface area contributed by atoms with Crippen LogP contribution in [0.3, 0.4) is 0 Å². The van der Waals surface area contributed by atoms with Gasteiger partial charge in [-0.1, -0.05) is 60.3 Å². The fourth-order valence-electron chi connectivity index (χ4n) is 3.51. The highest BCUT2D eigenvalue weighted by molar-refractivity contribution is 8.13. The molecule has 7 heteroatoms. The zero-order valence-corrected chi connectivity index (χ0v) is 15.2. The maximum Gasteiger partial charge on any atom is 0.255 e. The van der Waals surface area contributed by atoms with Gasteiger partial charge in [-0.3, -0.25) is 19.5 Å². The second kappa shape index (κ2) is 6.49. The Balaban J connectivity index is 1.98. The molecule has 1 N–H and O–H groups in total. The normalized spacial score (nSPS) is 21.5. The Morgan fingerprint density at radius 1 is 1.12 bits per heavy atom. The van der Waals surface area contributed by atoms with Crippen molar-refractivity contribution in [3.05, 3.63) is 65.7 Å². The molecule has 0 saturated carbocycles. The number of carbonyl (C=O) groups is 2. The first-order valence-electron chi connectivity index (χ1n) is 8.27. The van der Waals surface area contributed by atoms with Crippen molar-refractivity contribution in [1.29, 1.82) is 0 Å². The summed E-state index contributed by atoms with van der Waals surface area (Å²) in [5.41, 5.74) is 2.42. The number of amidine groups is 1. The van der Waals surface area contributed by atoms with Gasteiger partial charge < -0.3 is 5.32 Å². The van der Waals surface area contributed by atoms with Crippen molar-refractivity contribution in [2.24, 2.45) is 5.10 Å². The smallest absolute Gasteiger partial charge is 0.255 e. The third-order valence-corrected chi connectivity index (χ3v) is 5.14. The molecule has 132 valence electrons. The Morgan fingerprint density at radius 2 is 1.81 bits per heavy atom. The zero-order valence-electron chi connectivity index (χ0n) is 14.4. The largest absolute Gasteiger partial charge is 0.302 e. The molecule has 2 unspecified atom stereocenters. The summed E-state index contributed by atoms with van der Waals surface area (Å²) in [6, 6.07) is 16.6. The number of hydrogen-bond acceptors (Lipinski definition) is 5. The number of para-hydroxylation sites is 1. The minimum atomic E-state index is -0.581. The highest BCUT2D eigenvalue weighted by Gasteiger charge is 2.46. The lowest BCUT2D eigenvalue weighted by molar-refractivity contribution is -0.129. The monoisotopic (exact) mass is 366 g/mol. The van der Waals surface area contributed by atoms with E-state index in [9.17, 15) is 9.59 Å². The van der Waals surface area contributed by atoms with Crippen LogP contribution in [0, 0.1) is 0 Å². The van der Waals surface area contributed by atoms with E-state index in [0.29, 0.717) is 5.17 Å². The number of anilines is 1. The van der Waals surface area contributed by atoms with Crippen molar-refractivity contribution >= 4 is 34.4 Å². The van der Waals surface area contributed by atoms with Gasteiger partial charge in [0.05, 0.1) is 5.69 Å². The Morgan fingerprint density at radius 3 is 2.50 bits per heavy atom. The Bertz CT molecular complexity index is 899. The molecule has 2 heterocycles. The number of carbonyl (C=O) groups excluding carboxylic acids is 2. The Hall–Kier alpha value is -2.80. The van der Waals surface area contributed by atoms with Crippen LogP contribution in [0.4, 0.5) is 5.69 Å². The number of hydrogen-bond donors (Lipinski definition) is 1. The van der Waals surface area contributed by atoms with E-state index in [-0.39, 0.29) is 11.8 Å². The molecular weight excluding hydrogens is 348 g/mol. The van der Waals surface area contributed by atoms with Gasteiger partial charge in [-0.2, -0.15) is 0 Å². The molecule has 0 aromatic heterocycles. The highest BCUT2D eigenvalue weighted by Crippen LogP contribution is 2.46. The molecule has 0 bridgehead atoms. The maximum atomic E-state index is 12.9. The van der Waals surface area contributed by atoms with Gasteiger partial charge in [0.1, 0.15) is 0 Å². The lowest BCUT2D eigenvalue weighted by Crippen LogP contribution is -2.55. The molecule has 0 saturated heterocycles. The first-order valence-corrected chi connectivity index (χ1v) is 9.49. The van der Waals surface area contributed by atoms with Gasteiger partial charge in [0.2, 0.25) is 5.91 Å². The molecule has 26 heavy (non-hydrogen) atoms. The number of benzene rings is 2. The van der Waals surface area contributed by atoms with E-state index in [4.69, 9.17) is 0 Å². The molecule has 2 atom stereocenters. The molecule has 0 aliphatic carbocycles. The number of fused-ring (bicyclic) bond motifs is 3. The summed E-state index contributed by atoms with van der Waals surface area (Å²) in [6.45, 7) is 1.54. The van der Waals surface area contributed by atoms with Crippen LogP contribution >= 0.6 is 11.8 Å². The molecule has 0 fully saturated rings. The molecular formula is C19H18N4O2S. The third kappa shape index (κ3) is 2.55. The quantitative estimate of drug-likeness (QED) is 0.843. The Kier molecular flexibility index (Phi) is 4.16. The third-order valence-electron chi connectivity index (χ3n) is 4.57. The van der Waals surface area contributed by atoms with Gasteiger partial charge >= 0.3 is 0 Å². The van der Waals surface area contributed by atoms with Crippen molar-refractivity contribution in [2.45, 2.75) is 19.1 Å². The van der Waals surface area contributed by atoms with E-state index >= 15 is 0 Å². The molecule has 0 radical (unpaired) electrons. The summed E-state index contributed by atoms with van der Waals surface area (Å²) in [4.78, 5) is 27.2. The first kappa shape index (κ1) is 16.7. The topological polar surface area (TPSA) is 65.0 Å². The summed E-state index contributed by atoms with van der Waals surface area (Å²) >= 11 is 1.37. The average molecular weight is 366 g/mol. The SMILES string of the molecule is CSC1=NN2C(C(=O)N1)c1ccccc1N(C(C)=O)C2c1ccccc1. The highest BCUT2D eigenvalue weighted by atomic mass is 32.2. The first-order chi connectivity index (χ1) is 12.6. The molecule has 6 nitrogen and oxygen atoms in total. The molecule has 2 aliphatic rings. The molecule has 2 aromatic carbocycles. The summed E-state index contributed by atoms with van der Waals surface area (Å²) in [6.07, 6.45) is 1.37. The molecule has 2 aliphatic heterocycles. The van der Waals surface area contributed by atoms with Crippen LogP contribution in [0.2, 0.25) is 0 Å². The van der Waals surface area contributed by atoms with Crippen LogP contribution in [0.1, 0.15) is 30.3 Å². The van der Waals surface area contributed by atoms with E-state index in [1.54, 1.807) is 9.91 Å². The summed E-state index contributed by atoms with van der Waals surface area (Å²) in [5, 5.41) is 9.76. The zero-order chi connectivity index (χ0) is 18.3. The molecule has 2 aromatic rings. The van der Waals surface area contributed by atoms with Crippen molar-refractivity contribution in [2.75, 3.05) is 11.2 Å². The summed E-state index contributed by atoms with van der Waals surface area (Å²) in [7, 11) is 0. The van der Waals surface area contributed by atoms with E-state index in [0.717, 1.165) is 16.8 Å². The minimum Gasteiger partial charge on any atom is -0.302 e. The number of rotatable bonds is 1. The number of nitrogens with one attached hydrogen (secondary N) is 1. The second-order valence-electron chi connectivity index (χ2n) is 6.11. The van der Waals surface area contributed by atoms with Crippen LogP contribution in [0.15, 0.2) is 59.7 Å². The number of thioether (sulfide) groups is 1. The predicted molar refractivity (Wildman–Crippen MR) is 102 cm³/mol. The number of hydrazone groups is 1. The molecule has 0 spiro atoms. The fourth-order valence-corrected chi connectivity index (χ4v) is 3.89. The minimum absolute atomic E-state index is 0.100. The van der Waals surface area contributed by atoms with Gasteiger partial charge in [-0.15, -0.1) is 5.10 Å². The Labute approximate surface area is 155 Å². The van der Waals surface area contributed by atoms with Gasteiger partial charge in [0.25, 0.3) is 5.91 Å². The van der Waals surface area contributed by atoms with E-state index in [1.807, 2.05) is 60.9 Å². The van der Waals surface area contributed by atoms with Crippen LogP contribution in [0.25, 0.3) is 0 Å². The predicted octanol–water partition coefficient (Wildman–Crippen LogP) is 2.86. The number of nitrogens with zero attached hydrogens (tertiary/aromatic N) is 3.